The van der Waals surface area contributed by atoms with Crippen molar-refractivity contribution >= 4 is 0 Å². The monoisotopic (exact) mass is 213 g/mol. The van der Waals surface area contributed by atoms with Gasteiger partial charge in [-0.2, -0.15) is 0 Å². The van der Waals surface area contributed by atoms with Crippen LogP contribution in [0.1, 0.15) is 39.5 Å². The molecular formula is C12H27N3. The molecule has 0 saturated carbocycles. The highest BCUT2D eigenvalue weighted by Crippen LogP contribution is 2.19. The van der Waals surface area contributed by atoms with E-state index in [1.165, 1.54) is 45.3 Å². The van der Waals surface area contributed by atoms with E-state index in [9.17, 15) is 0 Å². The van der Waals surface area contributed by atoms with Crippen LogP contribution in [0.5, 0.6) is 0 Å². The van der Waals surface area contributed by atoms with E-state index in [4.69, 9.17) is 5.84 Å². The summed E-state index contributed by atoms with van der Waals surface area (Å²) in [6.07, 6.45) is 5.35. The molecule has 15 heavy (non-hydrogen) atoms. The molecule has 0 spiro atoms. The van der Waals surface area contributed by atoms with Crippen LogP contribution in [0.2, 0.25) is 0 Å². The Kier molecular flexibility index (Phi) is 6.22. The highest BCUT2D eigenvalue weighted by Gasteiger charge is 2.17. The van der Waals surface area contributed by atoms with E-state index in [0.717, 1.165) is 19.0 Å². The predicted molar refractivity (Wildman–Crippen MR) is 65.5 cm³/mol. The van der Waals surface area contributed by atoms with Gasteiger partial charge >= 0.3 is 0 Å². The molecule has 90 valence electrons. The molecule has 0 aromatic rings. The predicted octanol–water partition coefficient (Wildman–Crippen LogP) is 1.69. The van der Waals surface area contributed by atoms with Crippen LogP contribution in [0.15, 0.2) is 0 Å². The maximum absolute atomic E-state index is 5.83. The van der Waals surface area contributed by atoms with E-state index >= 15 is 0 Å². The van der Waals surface area contributed by atoms with Crippen molar-refractivity contribution in [1.29, 1.82) is 0 Å². The zero-order valence-corrected chi connectivity index (χ0v) is 10.4. The lowest BCUT2D eigenvalue weighted by molar-refractivity contribution is 0.165. The number of nitrogens with zero attached hydrogens (tertiary/aromatic N) is 2. The van der Waals surface area contributed by atoms with Crippen LogP contribution < -0.4 is 5.84 Å². The molecule has 0 radical (unpaired) electrons. The lowest BCUT2D eigenvalue weighted by atomic mass is 9.94. The van der Waals surface area contributed by atoms with Gasteiger partial charge in [0, 0.05) is 13.1 Å². The Labute approximate surface area is 94.6 Å². The van der Waals surface area contributed by atoms with Crippen molar-refractivity contribution in [2.24, 2.45) is 11.8 Å². The zero-order valence-electron chi connectivity index (χ0n) is 10.4. The summed E-state index contributed by atoms with van der Waals surface area (Å²) in [5.74, 6) is 6.68. The summed E-state index contributed by atoms with van der Waals surface area (Å²) in [6, 6.07) is 0. The van der Waals surface area contributed by atoms with Gasteiger partial charge in [-0.15, -0.1) is 0 Å². The van der Waals surface area contributed by atoms with Gasteiger partial charge in [0.1, 0.15) is 0 Å². The Morgan fingerprint density at radius 3 is 2.67 bits per heavy atom. The van der Waals surface area contributed by atoms with Gasteiger partial charge in [0.25, 0.3) is 0 Å². The van der Waals surface area contributed by atoms with Gasteiger partial charge in [-0.3, -0.25) is 5.84 Å². The number of hydrogen-bond acceptors (Lipinski definition) is 3. The van der Waals surface area contributed by atoms with E-state index in [1.54, 1.807) is 0 Å². The molecule has 0 aromatic carbocycles. The van der Waals surface area contributed by atoms with Crippen molar-refractivity contribution in [2.45, 2.75) is 39.5 Å². The van der Waals surface area contributed by atoms with Gasteiger partial charge < -0.3 is 4.90 Å². The summed E-state index contributed by atoms with van der Waals surface area (Å²) in [5.41, 5.74) is 0. The topological polar surface area (TPSA) is 32.5 Å². The molecule has 0 unspecified atom stereocenters. The van der Waals surface area contributed by atoms with E-state index in [1.807, 2.05) is 5.01 Å². The standard InChI is InChI=1S/C12H27N3/c1-3-14(4-2)9-5-7-12-8-6-10-15(13)11-12/h12H,3-11,13H2,1-2H3/t12-/m1/s1. The third-order valence-corrected chi connectivity index (χ3v) is 3.53. The van der Waals surface area contributed by atoms with Gasteiger partial charge in [0.15, 0.2) is 0 Å². The first-order valence-electron chi connectivity index (χ1n) is 6.48. The smallest absolute Gasteiger partial charge is 0.0156 e. The van der Waals surface area contributed by atoms with E-state index in [2.05, 4.69) is 18.7 Å². The Morgan fingerprint density at radius 1 is 1.33 bits per heavy atom. The van der Waals surface area contributed by atoms with Crippen LogP contribution in [-0.4, -0.2) is 42.6 Å². The summed E-state index contributed by atoms with van der Waals surface area (Å²) in [6.45, 7) is 10.3. The normalized spacial score (nSPS) is 23.6. The number of piperidine rings is 1. The number of rotatable bonds is 6. The molecule has 0 bridgehead atoms. The van der Waals surface area contributed by atoms with Crippen LogP contribution in [-0.2, 0) is 0 Å². The fraction of sp³-hybridized carbons (Fsp3) is 1.00. The quantitative estimate of drug-likeness (QED) is 0.682. The second-order valence-corrected chi connectivity index (χ2v) is 4.67. The summed E-state index contributed by atoms with van der Waals surface area (Å²) in [5, 5.41) is 1.99. The molecule has 0 aliphatic carbocycles. The zero-order chi connectivity index (χ0) is 11.1. The van der Waals surface area contributed by atoms with Crippen LogP contribution in [0.4, 0.5) is 0 Å². The van der Waals surface area contributed by atoms with Crippen LogP contribution in [0, 0.1) is 5.92 Å². The maximum Gasteiger partial charge on any atom is 0.0156 e. The van der Waals surface area contributed by atoms with Gasteiger partial charge in [0.05, 0.1) is 0 Å². The molecule has 1 rings (SSSR count). The molecule has 1 atom stereocenters. The molecular weight excluding hydrogens is 186 g/mol. The maximum atomic E-state index is 5.83. The SMILES string of the molecule is CCN(CC)CCC[C@@H]1CCCN(N)C1. The summed E-state index contributed by atoms with van der Waals surface area (Å²) in [4.78, 5) is 2.50. The molecule has 1 aliphatic rings. The fourth-order valence-electron chi connectivity index (χ4n) is 2.48. The lowest BCUT2D eigenvalue weighted by Gasteiger charge is -2.29. The van der Waals surface area contributed by atoms with Crippen molar-refractivity contribution in [3.63, 3.8) is 0 Å². The van der Waals surface area contributed by atoms with Gasteiger partial charge in [-0.25, -0.2) is 5.01 Å². The molecule has 1 aliphatic heterocycles. The molecule has 1 fully saturated rings. The van der Waals surface area contributed by atoms with Gasteiger partial charge in [-0.05, 0) is 51.2 Å². The first-order chi connectivity index (χ1) is 7.26. The van der Waals surface area contributed by atoms with Crippen LogP contribution in [0.3, 0.4) is 0 Å². The minimum atomic E-state index is 0.847. The molecule has 1 heterocycles. The molecule has 3 heteroatoms. The third kappa shape index (κ3) is 4.96. The van der Waals surface area contributed by atoms with Crippen LogP contribution >= 0.6 is 0 Å². The van der Waals surface area contributed by atoms with E-state index < -0.39 is 0 Å². The second kappa shape index (κ2) is 7.20. The fourth-order valence-corrected chi connectivity index (χ4v) is 2.48. The Hall–Kier alpha value is -0.120. The second-order valence-electron chi connectivity index (χ2n) is 4.67. The Morgan fingerprint density at radius 2 is 2.07 bits per heavy atom. The van der Waals surface area contributed by atoms with Crippen molar-refractivity contribution in [2.75, 3.05) is 32.7 Å². The Balaban J connectivity index is 2.08. The number of hydrazine groups is 1. The van der Waals surface area contributed by atoms with Crippen molar-refractivity contribution < 1.29 is 0 Å². The number of nitrogens with two attached hydrogens (primary N) is 1. The Bertz CT molecular complexity index is 157. The number of hydrogen-bond donors (Lipinski definition) is 1. The van der Waals surface area contributed by atoms with E-state index in [0.29, 0.717) is 0 Å². The molecule has 2 N–H and O–H groups in total. The summed E-state index contributed by atoms with van der Waals surface area (Å²) >= 11 is 0. The van der Waals surface area contributed by atoms with Crippen molar-refractivity contribution in [3.05, 3.63) is 0 Å². The molecule has 1 saturated heterocycles. The first-order valence-corrected chi connectivity index (χ1v) is 6.48. The van der Waals surface area contributed by atoms with Crippen molar-refractivity contribution in [3.8, 4) is 0 Å². The lowest BCUT2D eigenvalue weighted by Crippen LogP contribution is -2.40. The minimum absolute atomic E-state index is 0.847. The summed E-state index contributed by atoms with van der Waals surface area (Å²) in [7, 11) is 0. The van der Waals surface area contributed by atoms with E-state index in [-0.39, 0.29) is 0 Å². The summed E-state index contributed by atoms with van der Waals surface area (Å²) < 4.78 is 0. The van der Waals surface area contributed by atoms with Gasteiger partial charge in [-0.1, -0.05) is 13.8 Å². The average Bonchev–Trinajstić information content (AvgIpc) is 2.25. The first kappa shape index (κ1) is 12.9. The van der Waals surface area contributed by atoms with Gasteiger partial charge in [0.2, 0.25) is 0 Å². The minimum Gasteiger partial charge on any atom is -0.304 e. The highest BCUT2D eigenvalue weighted by atomic mass is 15.4. The third-order valence-electron chi connectivity index (χ3n) is 3.53. The molecule has 0 amide bonds. The highest BCUT2D eigenvalue weighted by molar-refractivity contribution is 4.70. The van der Waals surface area contributed by atoms with Crippen molar-refractivity contribution in [1.82, 2.24) is 9.91 Å². The molecule has 0 aromatic heterocycles. The molecule has 3 nitrogen and oxygen atoms in total. The average molecular weight is 213 g/mol. The van der Waals surface area contributed by atoms with Crippen LogP contribution in [0.25, 0.3) is 0 Å². The largest absolute Gasteiger partial charge is 0.304 e.